The Hall–Kier alpha value is -1.87. The maximum absolute atomic E-state index is 5.43. The van der Waals surface area contributed by atoms with Crippen molar-refractivity contribution in [1.82, 2.24) is 0 Å². The third kappa shape index (κ3) is 2.29. The van der Waals surface area contributed by atoms with E-state index in [4.69, 9.17) is 9.47 Å². The Morgan fingerprint density at radius 1 is 0.950 bits per heavy atom. The van der Waals surface area contributed by atoms with Crippen LogP contribution >= 0.6 is 11.8 Å². The lowest BCUT2D eigenvalue weighted by Crippen LogP contribution is -2.01. The molecule has 0 radical (unpaired) electrons. The maximum atomic E-state index is 5.43. The zero-order valence-electron chi connectivity index (χ0n) is 11.6. The van der Waals surface area contributed by atoms with E-state index in [2.05, 4.69) is 41.8 Å². The second-order valence-electron chi connectivity index (χ2n) is 4.57. The van der Waals surface area contributed by atoms with Gasteiger partial charge in [-0.3, -0.25) is 0 Å². The van der Waals surface area contributed by atoms with Crippen LogP contribution in [0, 0.1) is 0 Å². The van der Waals surface area contributed by atoms with E-state index in [0.717, 1.165) is 17.3 Å². The molecule has 2 aromatic carbocycles. The second-order valence-corrected chi connectivity index (χ2v) is 5.43. The van der Waals surface area contributed by atoms with E-state index in [1.807, 2.05) is 17.8 Å². The summed E-state index contributed by atoms with van der Waals surface area (Å²) in [6, 6.07) is 14.6. The van der Waals surface area contributed by atoms with Gasteiger partial charge in [0.15, 0.2) is 11.5 Å². The highest BCUT2D eigenvalue weighted by atomic mass is 32.2. The van der Waals surface area contributed by atoms with Gasteiger partial charge in [-0.15, -0.1) is 11.8 Å². The largest absolute Gasteiger partial charge is 0.493 e. The van der Waals surface area contributed by atoms with Gasteiger partial charge in [0.05, 0.1) is 14.2 Å². The van der Waals surface area contributed by atoms with E-state index in [0.29, 0.717) is 0 Å². The van der Waals surface area contributed by atoms with Crippen LogP contribution in [0.3, 0.4) is 0 Å². The summed E-state index contributed by atoms with van der Waals surface area (Å²) in [7, 11) is 3.35. The fourth-order valence-electron chi connectivity index (χ4n) is 2.41. The van der Waals surface area contributed by atoms with Crippen LogP contribution in [-0.4, -0.2) is 14.2 Å². The lowest BCUT2D eigenvalue weighted by molar-refractivity contribution is 0.354. The van der Waals surface area contributed by atoms with Crippen molar-refractivity contribution in [2.75, 3.05) is 14.2 Å². The summed E-state index contributed by atoms with van der Waals surface area (Å²) in [5.41, 5.74) is 4.99. The minimum Gasteiger partial charge on any atom is -0.493 e. The first-order valence-corrected chi connectivity index (χ1v) is 7.51. The molecular weight excluding hydrogens is 268 g/mol. The van der Waals surface area contributed by atoms with E-state index in [1.54, 1.807) is 14.2 Å². The summed E-state index contributed by atoms with van der Waals surface area (Å²) in [6.07, 6.45) is 0. The zero-order chi connectivity index (χ0) is 13.9. The first kappa shape index (κ1) is 13.1. The monoisotopic (exact) mass is 284 g/mol. The van der Waals surface area contributed by atoms with Gasteiger partial charge in [-0.05, 0) is 39.8 Å². The molecule has 20 heavy (non-hydrogen) atoms. The highest BCUT2D eigenvalue weighted by molar-refractivity contribution is 8.01. The molecule has 0 aromatic heterocycles. The molecule has 2 aromatic rings. The van der Waals surface area contributed by atoms with Crippen molar-refractivity contribution >= 4 is 17.3 Å². The molecule has 0 fully saturated rings. The van der Waals surface area contributed by atoms with Gasteiger partial charge in [-0.25, -0.2) is 0 Å². The molecule has 102 valence electrons. The Balaban J connectivity index is 2.13. The molecule has 0 unspecified atom stereocenters. The minimum atomic E-state index is 0.778. The van der Waals surface area contributed by atoms with E-state index in [-0.39, 0.29) is 0 Å². The van der Waals surface area contributed by atoms with E-state index < -0.39 is 0 Å². The van der Waals surface area contributed by atoms with Gasteiger partial charge in [-0.1, -0.05) is 30.3 Å². The summed E-state index contributed by atoms with van der Waals surface area (Å²) < 4.78 is 10.8. The predicted molar refractivity (Wildman–Crippen MR) is 84.4 cm³/mol. The van der Waals surface area contributed by atoms with Crippen LogP contribution in [0.2, 0.25) is 0 Å². The second kappa shape index (κ2) is 5.63. The topological polar surface area (TPSA) is 18.5 Å². The lowest BCUT2D eigenvalue weighted by atomic mass is 9.95. The Labute approximate surface area is 123 Å². The maximum Gasteiger partial charge on any atom is 0.161 e. The van der Waals surface area contributed by atoms with Gasteiger partial charge in [-0.2, -0.15) is 0 Å². The van der Waals surface area contributed by atoms with Crippen molar-refractivity contribution in [1.29, 1.82) is 0 Å². The van der Waals surface area contributed by atoms with Gasteiger partial charge in [0.2, 0.25) is 0 Å². The van der Waals surface area contributed by atoms with Gasteiger partial charge in [0, 0.05) is 5.75 Å². The van der Waals surface area contributed by atoms with Crippen LogP contribution < -0.4 is 9.47 Å². The zero-order valence-corrected chi connectivity index (χ0v) is 12.4. The van der Waals surface area contributed by atoms with Crippen LogP contribution in [0.15, 0.2) is 47.9 Å². The third-order valence-electron chi connectivity index (χ3n) is 3.42. The van der Waals surface area contributed by atoms with E-state index in [1.165, 1.54) is 22.3 Å². The SMILES string of the molecule is COc1cc2c(cc1OC)C(c1ccccc1)=CSC2. The molecule has 1 aliphatic heterocycles. The van der Waals surface area contributed by atoms with E-state index in [9.17, 15) is 0 Å². The van der Waals surface area contributed by atoms with Crippen LogP contribution in [0.1, 0.15) is 16.7 Å². The fraction of sp³-hybridized carbons (Fsp3) is 0.176. The number of hydrogen-bond donors (Lipinski definition) is 0. The summed E-state index contributed by atoms with van der Waals surface area (Å²) in [5, 5.41) is 2.23. The normalized spacial score (nSPS) is 13.4. The Morgan fingerprint density at radius 3 is 2.35 bits per heavy atom. The smallest absolute Gasteiger partial charge is 0.161 e. The van der Waals surface area contributed by atoms with Crippen molar-refractivity contribution in [2.24, 2.45) is 0 Å². The van der Waals surface area contributed by atoms with E-state index >= 15 is 0 Å². The molecule has 0 saturated carbocycles. The van der Waals surface area contributed by atoms with Gasteiger partial charge in [0.25, 0.3) is 0 Å². The highest BCUT2D eigenvalue weighted by Gasteiger charge is 2.18. The van der Waals surface area contributed by atoms with Crippen molar-refractivity contribution in [2.45, 2.75) is 5.75 Å². The molecule has 0 bridgehead atoms. The molecule has 0 saturated heterocycles. The van der Waals surface area contributed by atoms with Crippen molar-refractivity contribution < 1.29 is 9.47 Å². The molecule has 3 rings (SSSR count). The minimum absolute atomic E-state index is 0.778. The average Bonchev–Trinajstić information content (AvgIpc) is 2.53. The average molecular weight is 284 g/mol. The van der Waals surface area contributed by atoms with Gasteiger partial charge >= 0.3 is 0 Å². The standard InChI is InChI=1S/C17H16O2S/c1-18-16-8-13-10-20-11-15(12-6-4-3-5-7-12)14(13)9-17(16)19-2/h3-9,11H,10H2,1-2H3. The van der Waals surface area contributed by atoms with Gasteiger partial charge in [0.1, 0.15) is 0 Å². The molecule has 0 amide bonds. The highest BCUT2D eigenvalue weighted by Crippen LogP contribution is 2.41. The van der Waals surface area contributed by atoms with Gasteiger partial charge < -0.3 is 9.47 Å². The number of benzene rings is 2. The summed E-state index contributed by atoms with van der Waals surface area (Å²) >= 11 is 1.81. The van der Waals surface area contributed by atoms with Crippen LogP contribution in [-0.2, 0) is 5.75 Å². The van der Waals surface area contributed by atoms with Crippen molar-refractivity contribution in [3.63, 3.8) is 0 Å². The third-order valence-corrected chi connectivity index (χ3v) is 4.30. The van der Waals surface area contributed by atoms with Crippen LogP contribution in [0.4, 0.5) is 0 Å². The first-order valence-electron chi connectivity index (χ1n) is 6.46. The number of ether oxygens (including phenoxy) is 2. The number of rotatable bonds is 3. The fourth-order valence-corrected chi connectivity index (χ4v) is 3.34. The Bertz CT molecular complexity index is 648. The number of methoxy groups -OCH3 is 2. The molecule has 0 N–H and O–H groups in total. The number of hydrogen-bond acceptors (Lipinski definition) is 3. The van der Waals surface area contributed by atoms with Crippen molar-refractivity contribution in [3.8, 4) is 11.5 Å². The van der Waals surface area contributed by atoms with Crippen molar-refractivity contribution in [3.05, 3.63) is 64.6 Å². The molecule has 0 spiro atoms. The lowest BCUT2D eigenvalue weighted by Gasteiger charge is -2.20. The molecule has 2 nitrogen and oxygen atoms in total. The summed E-state index contributed by atoms with van der Waals surface area (Å²) in [5.74, 6) is 2.53. The molecule has 1 aliphatic rings. The predicted octanol–water partition coefficient (Wildman–Crippen LogP) is 4.34. The van der Waals surface area contributed by atoms with Crippen LogP contribution in [0.5, 0.6) is 11.5 Å². The molecular formula is C17H16O2S. The summed E-state index contributed by atoms with van der Waals surface area (Å²) in [4.78, 5) is 0. The van der Waals surface area contributed by atoms with Crippen LogP contribution in [0.25, 0.3) is 5.57 Å². The molecule has 3 heteroatoms. The Morgan fingerprint density at radius 2 is 1.65 bits per heavy atom. The number of thioether (sulfide) groups is 1. The molecule has 0 atom stereocenters. The molecule has 1 heterocycles. The number of fused-ring (bicyclic) bond motifs is 1. The molecule has 0 aliphatic carbocycles. The first-order chi connectivity index (χ1) is 9.83. The summed E-state index contributed by atoms with van der Waals surface area (Å²) in [6.45, 7) is 0. The Kier molecular flexibility index (Phi) is 3.70. The quantitative estimate of drug-likeness (QED) is 0.835.